The average Bonchev–Trinajstić information content (AvgIpc) is 3.24. The van der Waals surface area contributed by atoms with Crippen molar-refractivity contribution in [3.05, 3.63) is 38.6 Å². The number of carbonyl (C=O) groups excluding carboxylic acids is 1. The molecule has 1 atom stereocenters. The van der Waals surface area contributed by atoms with Gasteiger partial charge in [-0.15, -0.1) is 0 Å². The van der Waals surface area contributed by atoms with E-state index in [-0.39, 0.29) is 17.6 Å². The molecule has 1 fully saturated rings. The van der Waals surface area contributed by atoms with Crippen molar-refractivity contribution >= 4 is 5.91 Å². The van der Waals surface area contributed by atoms with Gasteiger partial charge in [0.25, 0.3) is 5.56 Å². The van der Waals surface area contributed by atoms with Crippen LogP contribution in [0.25, 0.3) is 5.95 Å². The third kappa shape index (κ3) is 4.27. The van der Waals surface area contributed by atoms with Gasteiger partial charge in [-0.3, -0.25) is 14.6 Å². The van der Waals surface area contributed by atoms with Gasteiger partial charge in [0, 0.05) is 36.5 Å². The molecule has 1 aliphatic heterocycles. The number of aromatic amines is 1. The molecule has 0 spiro atoms. The predicted molar refractivity (Wildman–Crippen MR) is 101 cm³/mol. The summed E-state index contributed by atoms with van der Waals surface area (Å²) in [4.78, 5) is 31.4. The highest BCUT2D eigenvalue weighted by Crippen LogP contribution is 2.18. The van der Waals surface area contributed by atoms with Crippen molar-refractivity contribution in [3.63, 3.8) is 0 Å². The number of nitrogens with one attached hydrogen (secondary N) is 2. The summed E-state index contributed by atoms with van der Waals surface area (Å²) >= 11 is 0. The van der Waals surface area contributed by atoms with Crippen LogP contribution in [-0.4, -0.2) is 44.9 Å². The van der Waals surface area contributed by atoms with E-state index in [2.05, 4.69) is 20.4 Å². The number of amides is 1. The van der Waals surface area contributed by atoms with Crippen molar-refractivity contribution in [1.29, 1.82) is 0 Å². The van der Waals surface area contributed by atoms with Gasteiger partial charge in [-0.1, -0.05) is 0 Å². The van der Waals surface area contributed by atoms with Crippen LogP contribution >= 0.6 is 0 Å². The molecule has 1 aliphatic rings. The standard InChI is InChI=1S/C19H27N5O3/c1-11-12(2)21-19(22-18(11)26)24-14(4)16(13(3)23-24)7-8-17(25)20-10-15-6-5-9-27-15/h15H,5-10H2,1-4H3,(H,20,25)(H,21,22,26)/t15-/m0/s1. The zero-order chi connectivity index (χ0) is 19.6. The second-order valence-corrected chi connectivity index (χ2v) is 7.10. The number of ether oxygens (including phenoxy) is 1. The molecule has 1 saturated heterocycles. The minimum atomic E-state index is -0.167. The summed E-state index contributed by atoms with van der Waals surface area (Å²) in [7, 11) is 0. The number of carbonyl (C=O) groups is 1. The van der Waals surface area contributed by atoms with Gasteiger partial charge in [0.1, 0.15) is 0 Å². The Morgan fingerprint density at radius 3 is 2.74 bits per heavy atom. The summed E-state index contributed by atoms with van der Waals surface area (Å²) in [5.41, 5.74) is 3.83. The van der Waals surface area contributed by atoms with Gasteiger partial charge in [-0.05, 0) is 52.5 Å². The second-order valence-electron chi connectivity index (χ2n) is 7.10. The summed E-state index contributed by atoms with van der Waals surface area (Å²) in [6, 6.07) is 0. The van der Waals surface area contributed by atoms with Gasteiger partial charge in [-0.2, -0.15) is 5.10 Å². The Hall–Kier alpha value is -2.48. The van der Waals surface area contributed by atoms with Gasteiger partial charge in [0.15, 0.2) is 0 Å². The molecule has 0 unspecified atom stereocenters. The number of hydrogen-bond acceptors (Lipinski definition) is 5. The van der Waals surface area contributed by atoms with E-state index in [0.29, 0.717) is 36.6 Å². The van der Waals surface area contributed by atoms with Gasteiger partial charge in [0.2, 0.25) is 11.9 Å². The quantitative estimate of drug-likeness (QED) is 0.797. The summed E-state index contributed by atoms with van der Waals surface area (Å²) in [5.74, 6) is 0.410. The lowest BCUT2D eigenvalue weighted by atomic mass is 10.1. The third-order valence-electron chi connectivity index (χ3n) is 5.18. The lowest BCUT2D eigenvalue weighted by Crippen LogP contribution is -2.31. The Morgan fingerprint density at radius 1 is 1.30 bits per heavy atom. The number of nitrogens with zero attached hydrogens (tertiary/aromatic N) is 3. The molecule has 0 saturated carbocycles. The molecule has 146 valence electrons. The van der Waals surface area contributed by atoms with Crippen molar-refractivity contribution in [3.8, 4) is 5.95 Å². The summed E-state index contributed by atoms with van der Waals surface area (Å²) in [6.45, 7) is 8.74. The molecule has 8 nitrogen and oxygen atoms in total. The van der Waals surface area contributed by atoms with Crippen molar-refractivity contribution in [2.75, 3.05) is 13.2 Å². The van der Waals surface area contributed by atoms with E-state index in [1.807, 2.05) is 13.8 Å². The number of aromatic nitrogens is 4. The van der Waals surface area contributed by atoms with Gasteiger partial charge in [-0.25, -0.2) is 9.67 Å². The largest absolute Gasteiger partial charge is 0.376 e. The molecule has 3 rings (SSSR count). The summed E-state index contributed by atoms with van der Waals surface area (Å²) in [6.07, 6.45) is 3.19. The smallest absolute Gasteiger partial charge is 0.255 e. The van der Waals surface area contributed by atoms with Crippen molar-refractivity contribution in [2.45, 2.75) is 59.5 Å². The molecule has 2 aromatic rings. The third-order valence-corrected chi connectivity index (χ3v) is 5.18. The molecule has 27 heavy (non-hydrogen) atoms. The predicted octanol–water partition coefficient (Wildman–Crippen LogP) is 1.42. The normalized spacial score (nSPS) is 16.7. The highest BCUT2D eigenvalue weighted by atomic mass is 16.5. The molecule has 0 aliphatic carbocycles. The fourth-order valence-corrected chi connectivity index (χ4v) is 3.33. The number of hydrogen-bond donors (Lipinski definition) is 2. The highest BCUT2D eigenvalue weighted by molar-refractivity contribution is 5.76. The Balaban J connectivity index is 1.68. The molecule has 0 bridgehead atoms. The van der Waals surface area contributed by atoms with E-state index in [4.69, 9.17) is 4.74 Å². The topological polar surface area (TPSA) is 102 Å². The number of rotatable bonds is 6. The molecule has 2 N–H and O–H groups in total. The van der Waals surface area contributed by atoms with E-state index in [9.17, 15) is 9.59 Å². The molecular weight excluding hydrogens is 346 g/mol. The summed E-state index contributed by atoms with van der Waals surface area (Å²) < 4.78 is 7.16. The fraction of sp³-hybridized carbons (Fsp3) is 0.579. The molecule has 3 heterocycles. The molecule has 2 aromatic heterocycles. The first-order valence-electron chi connectivity index (χ1n) is 9.38. The first-order chi connectivity index (χ1) is 12.9. The van der Waals surface area contributed by atoms with Crippen molar-refractivity contribution in [1.82, 2.24) is 25.1 Å². The van der Waals surface area contributed by atoms with Crippen LogP contribution in [-0.2, 0) is 16.0 Å². The minimum absolute atomic E-state index is 0.00904. The summed E-state index contributed by atoms with van der Waals surface area (Å²) in [5, 5.41) is 7.45. The van der Waals surface area contributed by atoms with E-state index in [1.54, 1.807) is 18.5 Å². The molecular formula is C19H27N5O3. The van der Waals surface area contributed by atoms with Crippen molar-refractivity contribution in [2.24, 2.45) is 0 Å². The molecule has 1 amide bonds. The van der Waals surface area contributed by atoms with Crippen LogP contribution in [0.1, 0.15) is 47.5 Å². The maximum Gasteiger partial charge on any atom is 0.255 e. The first kappa shape index (κ1) is 19.3. The zero-order valence-electron chi connectivity index (χ0n) is 16.4. The van der Waals surface area contributed by atoms with Crippen LogP contribution in [0.5, 0.6) is 0 Å². The Bertz CT molecular complexity index is 893. The van der Waals surface area contributed by atoms with Crippen LogP contribution in [0.3, 0.4) is 0 Å². The van der Waals surface area contributed by atoms with Crippen LogP contribution in [0, 0.1) is 27.7 Å². The molecule has 8 heteroatoms. The fourth-order valence-electron chi connectivity index (χ4n) is 3.33. The van der Waals surface area contributed by atoms with Crippen LogP contribution in [0.2, 0.25) is 0 Å². The lowest BCUT2D eigenvalue weighted by molar-refractivity contribution is -0.121. The van der Waals surface area contributed by atoms with Crippen LogP contribution < -0.4 is 10.9 Å². The number of aryl methyl sites for hydroxylation is 2. The van der Waals surface area contributed by atoms with E-state index >= 15 is 0 Å². The van der Waals surface area contributed by atoms with Crippen LogP contribution in [0.15, 0.2) is 4.79 Å². The van der Waals surface area contributed by atoms with Crippen LogP contribution in [0.4, 0.5) is 0 Å². The monoisotopic (exact) mass is 373 g/mol. The van der Waals surface area contributed by atoms with Gasteiger partial charge in [0.05, 0.1) is 11.8 Å². The van der Waals surface area contributed by atoms with E-state index < -0.39 is 0 Å². The van der Waals surface area contributed by atoms with Crippen molar-refractivity contribution < 1.29 is 9.53 Å². The molecule has 0 aromatic carbocycles. The van der Waals surface area contributed by atoms with E-state index in [0.717, 1.165) is 36.4 Å². The Labute approximate surface area is 158 Å². The maximum atomic E-state index is 12.1. The average molecular weight is 373 g/mol. The Morgan fingerprint density at radius 2 is 2.07 bits per heavy atom. The zero-order valence-corrected chi connectivity index (χ0v) is 16.4. The van der Waals surface area contributed by atoms with Gasteiger partial charge >= 0.3 is 0 Å². The first-order valence-corrected chi connectivity index (χ1v) is 9.38. The molecule has 0 radical (unpaired) electrons. The van der Waals surface area contributed by atoms with Gasteiger partial charge < -0.3 is 10.1 Å². The second kappa shape index (κ2) is 8.04. The van der Waals surface area contributed by atoms with E-state index in [1.165, 1.54) is 0 Å². The maximum absolute atomic E-state index is 12.1. The number of H-pyrrole nitrogens is 1. The SMILES string of the molecule is Cc1nn(-c2nc(C)c(C)c(=O)[nH]2)c(C)c1CCC(=O)NC[C@@H]1CCCO1. The Kier molecular flexibility index (Phi) is 5.74. The minimum Gasteiger partial charge on any atom is -0.376 e. The highest BCUT2D eigenvalue weighted by Gasteiger charge is 2.18. The lowest BCUT2D eigenvalue weighted by Gasteiger charge is -2.11.